The lowest BCUT2D eigenvalue weighted by Crippen LogP contribution is -2.41. The number of hydrogen-bond acceptors (Lipinski definition) is 3. The van der Waals surface area contributed by atoms with Crippen LogP contribution in [-0.4, -0.2) is 54.3 Å². The van der Waals surface area contributed by atoms with E-state index in [4.69, 9.17) is 0 Å². The van der Waals surface area contributed by atoms with E-state index in [1.54, 1.807) is 33.2 Å². The van der Waals surface area contributed by atoms with E-state index in [-0.39, 0.29) is 18.4 Å². The summed E-state index contributed by atoms with van der Waals surface area (Å²) >= 11 is 0. The summed E-state index contributed by atoms with van der Waals surface area (Å²) in [6.07, 6.45) is 0. The van der Waals surface area contributed by atoms with Gasteiger partial charge in [-0.25, -0.2) is 4.79 Å². The fourth-order valence-corrected chi connectivity index (χ4v) is 2.19. The fourth-order valence-electron chi connectivity index (χ4n) is 2.19. The van der Waals surface area contributed by atoms with Crippen LogP contribution in [0.2, 0.25) is 0 Å². The van der Waals surface area contributed by atoms with Crippen molar-refractivity contribution >= 4 is 23.5 Å². The third-order valence-electron chi connectivity index (χ3n) is 3.55. The lowest BCUT2D eigenvalue weighted by atomic mass is 10.2. The predicted octanol–water partition coefficient (Wildman–Crippen LogP) is 1.24. The monoisotopic (exact) mass is 289 g/mol. The maximum atomic E-state index is 12.4. The molecule has 1 fully saturated rings. The van der Waals surface area contributed by atoms with Gasteiger partial charge in [0.25, 0.3) is 5.91 Å². The van der Waals surface area contributed by atoms with Gasteiger partial charge in [-0.05, 0) is 26.0 Å². The Kier molecular flexibility index (Phi) is 3.97. The summed E-state index contributed by atoms with van der Waals surface area (Å²) < 4.78 is 0. The number of carbonyl (C=O) groups is 3. The molecule has 6 nitrogen and oxygen atoms in total. The highest BCUT2D eigenvalue weighted by molar-refractivity contribution is 6.15. The number of hydrogen-bond donors (Lipinski definition) is 0. The van der Waals surface area contributed by atoms with E-state index in [0.717, 1.165) is 10.5 Å². The van der Waals surface area contributed by atoms with Crippen LogP contribution < -0.4 is 4.90 Å². The first kappa shape index (κ1) is 15.0. The van der Waals surface area contributed by atoms with Gasteiger partial charge in [0.2, 0.25) is 5.91 Å². The summed E-state index contributed by atoms with van der Waals surface area (Å²) in [7, 11) is 3.18. The molecule has 1 saturated heterocycles. The van der Waals surface area contributed by atoms with Gasteiger partial charge in [-0.2, -0.15) is 0 Å². The van der Waals surface area contributed by atoms with E-state index in [1.807, 2.05) is 19.1 Å². The van der Waals surface area contributed by atoms with Gasteiger partial charge in [0.05, 0.1) is 0 Å². The van der Waals surface area contributed by atoms with Crippen molar-refractivity contribution in [3.8, 4) is 0 Å². The molecular formula is C15H19N3O3. The molecule has 1 unspecified atom stereocenters. The Morgan fingerprint density at radius 2 is 1.76 bits per heavy atom. The second-order valence-electron chi connectivity index (χ2n) is 5.38. The summed E-state index contributed by atoms with van der Waals surface area (Å²) in [5.74, 6) is -0.634. The van der Waals surface area contributed by atoms with Gasteiger partial charge in [0.1, 0.15) is 12.6 Å². The third-order valence-corrected chi connectivity index (χ3v) is 3.55. The third kappa shape index (κ3) is 2.74. The largest absolute Gasteiger partial charge is 0.347 e. The van der Waals surface area contributed by atoms with E-state index in [1.165, 1.54) is 9.80 Å². The Morgan fingerprint density at radius 1 is 1.19 bits per heavy atom. The number of urea groups is 1. The Morgan fingerprint density at radius 3 is 2.29 bits per heavy atom. The number of likely N-dealkylation sites (N-methyl/N-ethyl adjacent to an activating group) is 1. The normalized spacial score (nSPS) is 18.4. The standard InChI is InChI=1S/C15H19N3O3/c1-10-5-7-12(8-6-10)18-11(2)14(20)17(15(18)21)9-13(19)16(3)4/h5-8,11H,9H2,1-4H3. The van der Waals surface area contributed by atoms with Crippen molar-refractivity contribution in [3.63, 3.8) is 0 Å². The molecule has 1 aromatic carbocycles. The molecule has 1 aliphatic heterocycles. The van der Waals surface area contributed by atoms with Crippen molar-refractivity contribution in [1.29, 1.82) is 0 Å². The zero-order chi connectivity index (χ0) is 15.7. The van der Waals surface area contributed by atoms with Crippen LogP contribution in [0.15, 0.2) is 24.3 Å². The number of amides is 4. The Balaban J connectivity index is 2.26. The molecule has 1 heterocycles. The first-order valence-corrected chi connectivity index (χ1v) is 6.74. The molecule has 0 aromatic heterocycles. The summed E-state index contributed by atoms with van der Waals surface area (Å²) in [6, 6.07) is 6.31. The molecular weight excluding hydrogens is 270 g/mol. The summed E-state index contributed by atoms with van der Waals surface area (Å²) in [6.45, 7) is 3.39. The Labute approximate surface area is 123 Å². The van der Waals surface area contributed by atoms with E-state index in [2.05, 4.69) is 0 Å². The predicted molar refractivity (Wildman–Crippen MR) is 78.9 cm³/mol. The van der Waals surface area contributed by atoms with Gasteiger partial charge in [-0.1, -0.05) is 17.7 Å². The fraction of sp³-hybridized carbons (Fsp3) is 0.400. The topological polar surface area (TPSA) is 60.9 Å². The number of rotatable bonds is 3. The Bertz CT molecular complexity index is 580. The molecule has 0 spiro atoms. The average Bonchev–Trinajstić information content (AvgIpc) is 2.64. The molecule has 0 saturated carbocycles. The second kappa shape index (κ2) is 5.55. The highest BCUT2D eigenvalue weighted by Gasteiger charge is 2.44. The summed E-state index contributed by atoms with van der Waals surface area (Å²) in [5.41, 5.74) is 1.73. The van der Waals surface area contributed by atoms with Gasteiger partial charge in [0, 0.05) is 19.8 Å². The van der Waals surface area contributed by atoms with Crippen LogP contribution in [0.5, 0.6) is 0 Å². The maximum Gasteiger partial charge on any atom is 0.332 e. The van der Waals surface area contributed by atoms with E-state index < -0.39 is 12.1 Å². The Hall–Kier alpha value is -2.37. The number of nitrogens with zero attached hydrogens (tertiary/aromatic N) is 3. The molecule has 2 rings (SSSR count). The lowest BCUT2D eigenvalue weighted by Gasteiger charge is -2.20. The highest BCUT2D eigenvalue weighted by atomic mass is 16.2. The van der Waals surface area contributed by atoms with Gasteiger partial charge in [-0.3, -0.25) is 19.4 Å². The van der Waals surface area contributed by atoms with Crippen LogP contribution in [0, 0.1) is 6.92 Å². The van der Waals surface area contributed by atoms with Crippen molar-refractivity contribution in [2.45, 2.75) is 19.9 Å². The molecule has 4 amide bonds. The van der Waals surface area contributed by atoms with Gasteiger partial charge in [-0.15, -0.1) is 0 Å². The molecule has 112 valence electrons. The van der Waals surface area contributed by atoms with Gasteiger partial charge < -0.3 is 4.90 Å². The van der Waals surface area contributed by atoms with Gasteiger partial charge >= 0.3 is 6.03 Å². The minimum atomic E-state index is -0.602. The average molecular weight is 289 g/mol. The minimum absolute atomic E-state index is 0.225. The van der Waals surface area contributed by atoms with E-state index >= 15 is 0 Å². The van der Waals surface area contributed by atoms with Crippen LogP contribution in [-0.2, 0) is 9.59 Å². The molecule has 0 bridgehead atoms. The molecule has 1 aromatic rings. The van der Waals surface area contributed by atoms with Crippen molar-refractivity contribution in [3.05, 3.63) is 29.8 Å². The van der Waals surface area contributed by atoms with Crippen LogP contribution >= 0.6 is 0 Å². The van der Waals surface area contributed by atoms with Crippen molar-refractivity contribution < 1.29 is 14.4 Å². The zero-order valence-electron chi connectivity index (χ0n) is 12.7. The van der Waals surface area contributed by atoms with Crippen molar-refractivity contribution in [2.24, 2.45) is 0 Å². The minimum Gasteiger partial charge on any atom is -0.347 e. The highest BCUT2D eigenvalue weighted by Crippen LogP contribution is 2.25. The second-order valence-corrected chi connectivity index (χ2v) is 5.38. The quantitative estimate of drug-likeness (QED) is 0.787. The van der Waals surface area contributed by atoms with E-state index in [9.17, 15) is 14.4 Å². The molecule has 0 N–H and O–H groups in total. The maximum absolute atomic E-state index is 12.4. The van der Waals surface area contributed by atoms with Gasteiger partial charge in [0.15, 0.2) is 0 Å². The molecule has 1 aliphatic rings. The smallest absolute Gasteiger partial charge is 0.332 e. The summed E-state index contributed by atoms with van der Waals surface area (Å²) in [4.78, 5) is 40.2. The number of carbonyl (C=O) groups excluding carboxylic acids is 3. The molecule has 1 atom stereocenters. The van der Waals surface area contributed by atoms with Crippen molar-refractivity contribution in [1.82, 2.24) is 9.80 Å². The van der Waals surface area contributed by atoms with Crippen LogP contribution in [0.25, 0.3) is 0 Å². The number of benzene rings is 1. The van der Waals surface area contributed by atoms with E-state index in [0.29, 0.717) is 5.69 Å². The van der Waals surface area contributed by atoms with Crippen molar-refractivity contribution in [2.75, 3.05) is 25.5 Å². The number of aryl methyl sites for hydroxylation is 1. The summed E-state index contributed by atoms with van der Waals surface area (Å²) in [5, 5.41) is 0. The number of imide groups is 1. The first-order valence-electron chi connectivity index (χ1n) is 6.74. The van der Waals surface area contributed by atoms with Crippen LogP contribution in [0.4, 0.5) is 10.5 Å². The number of anilines is 1. The SMILES string of the molecule is Cc1ccc(N2C(=O)N(CC(=O)N(C)C)C(=O)C2C)cc1. The lowest BCUT2D eigenvalue weighted by molar-refractivity contribution is -0.135. The first-order chi connectivity index (χ1) is 9.82. The van der Waals surface area contributed by atoms with Crippen LogP contribution in [0.3, 0.4) is 0 Å². The molecule has 0 radical (unpaired) electrons. The molecule has 21 heavy (non-hydrogen) atoms. The van der Waals surface area contributed by atoms with Crippen LogP contribution in [0.1, 0.15) is 12.5 Å². The molecule has 0 aliphatic carbocycles. The zero-order valence-corrected chi connectivity index (χ0v) is 12.7. The molecule has 6 heteroatoms.